The number of fused-ring (bicyclic) bond motifs is 1. The number of carbonyl (C=O) groups excluding carboxylic acids is 2. The van der Waals surface area contributed by atoms with Gasteiger partial charge in [0.25, 0.3) is 0 Å². The van der Waals surface area contributed by atoms with Crippen LogP contribution in [0.5, 0.6) is 11.5 Å². The van der Waals surface area contributed by atoms with E-state index >= 15 is 0 Å². The van der Waals surface area contributed by atoms with Gasteiger partial charge in [-0.2, -0.15) is 0 Å². The fourth-order valence-corrected chi connectivity index (χ4v) is 2.43. The molecule has 0 radical (unpaired) electrons. The molecule has 1 heterocycles. The summed E-state index contributed by atoms with van der Waals surface area (Å²) in [6.45, 7) is 2.65. The van der Waals surface area contributed by atoms with Crippen molar-refractivity contribution in [2.75, 3.05) is 19.8 Å². The van der Waals surface area contributed by atoms with Crippen LogP contribution in [-0.2, 0) is 4.74 Å². The van der Waals surface area contributed by atoms with Crippen LogP contribution < -0.4 is 9.47 Å². The van der Waals surface area contributed by atoms with E-state index in [9.17, 15) is 9.59 Å². The highest BCUT2D eigenvalue weighted by Gasteiger charge is 2.16. The fourth-order valence-electron chi connectivity index (χ4n) is 2.43. The quantitative estimate of drug-likeness (QED) is 0.638. The van der Waals surface area contributed by atoms with Crippen molar-refractivity contribution >= 4 is 11.8 Å². The lowest BCUT2D eigenvalue weighted by Gasteiger charge is -2.09. The summed E-state index contributed by atoms with van der Waals surface area (Å²) in [4.78, 5) is 24.3. The number of rotatable bonds is 4. The smallest absolute Gasteiger partial charge is 0.338 e. The summed E-state index contributed by atoms with van der Waals surface area (Å²) in [7, 11) is 0. The molecule has 124 valence electrons. The van der Waals surface area contributed by atoms with Crippen molar-refractivity contribution in [2.45, 2.75) is 13.3 Å². The number of ketones is 1. The first kappa shape index (κ1) is 16.1. The minimum absolute atomic E-state index is 0.285. The third-order valence-corrected chi connectivity index (χ3v) is 3.77. The first-order valence-electron chi connectivity index (χ1n) is 7.81. The summed E-state index contributed by atoms with van der Waals surface area (Å²) in [5.74, 6) is 0.382. The van der Waals surface area contributed by atoms with Gasteiger partial charge in [0.05, 0.1) is 18.8 Å². The van der Waals surface area contributed by atoms with E-state index in [0.717, 1.165) is 12.0 Å². The molecule has 2 aromatic carbocycles. The molecule has 0 N–H and O–H groups in total. The number of hydrogen-bond donors (Lipinski definition) is 0. The number of Topliss-reactive ketones (excluding diaryl/α,β-unsaturated/α-hetero) is 1. The predicted octanol–water partition coefficient (Wildman–Crippen LogP) is 3.20. The average molecular weight is 326 g/mol. The van der Waals surface area contributed by atoms with Gasteiger partial charge >= 0.3 is 5.97 Å². The molecule has 0 saturated heterocycles. The van der Waals surface area contributed by atoms with Crippen LogP contribution >= 0.6 is 0 Å². The lowest BCUT2D eigenvalue weighted by Crippen LogP contribution is -2.15. The van der Waals surface area contributed by atoms with E-state index in [0.29, 0.717) is 35.8 Å². The number of benzene rings is 2. The van der Waals surface area contributed by atoms with Crippen LogP contribution in [0.3, 0.4) is 0 Å². The van der Waals surface area contributed by atoms with E-state index in [2.05, 4.69) is 0 Å². The molecular weight excluding hydrogens is 308 g/mol. The molecule has 1 aliphatic rings. The van der Waals surface area contributed by atoms with Crippen molar-refractivity contribution in [3.8, 4) is 11.5 Å². The second-order valence-electron chi connectivity index (χ2n) is 5.53. The third kappa shape index (κ3) is 3.56. The molecule has 0 aromatic heterocycles. The minimum atomic E-state index is -0.504. The average Bonchev–Trinajstić information content (AvgIpc) is 2.84. The van der Waals surface area contributed by atoms with Gasteiger partial charge in [-0.3, -0.25) is 4.79 Å². The zero-order valence-electron chi connectivity index (χ0n) is 13.4. The molecular formula is C19H18O5. The molecule has 0 saturated carbocycles. The number of ether oxygens (including phenoxy) is 3. The molecule has 0 fully saturated rings. The summed E-state index contributed by atoms with van der Waals surface area (Å²) in [5, 5.41) is 0. The Kier molecular flexibility index (Phi) is 4.79. The molecule has 0 unspecified atom stereocenters. The molecule has 2 aromatic rings. The van der Waals surface area contributed by atoms with Crippen LogP contribution in [0.25, 0.3) is 0 Å². The van der Waals surface area contributed by atoms with E-state index in [1.54, 1.807) is 30.3 Å². The zero-order valence-corrected chi connectivity index (χ0v) is 13.4. The van der Waals surface area contributed by atoms with E-state index in [-0.39, 0.29) is 12.4 Å². The monoisotopic (exact) mass is 326 g/mol. The van der Waals surface area contributed by atoms with Gasteiger partial charge in [0.2, 0.25) is 0 Å². The normalized spacial score (nSPS) is 13.0. The Morgan fingerprint density at radius 3 is 2.58 bits per heavy atom. The van der Waals surface area contributed by atoms with Gasteiger partial charge in [-0.15, -0.1) is 0 Å². The van der Waals surface area contributed by atoms with E-state index in [1.807, 2.05) is 19.1 Å². The highest BCUT2D eigenvalue weighted by Crippen LogP contribution is 2.30. The van der Waals surface area contributed by atoms with Crippen molar-refractivity contribution in [3.63, 3.8) is 0 Å². The van der Waals surface area contributed by atoms with Gasteiger partial charge in [0.1, 0.15) is 0 Å². The Morgan fingerprint density at radius 1 is 1.04 bits per heavy atom. The van der Waals surface area contributed by atoms with Gasteiger partial charge < -0.3 is 14.2 Å². The summed E-state index contributed by atoms with van der Waals surface area (Å²) < 4.78 is 16.2. The molecule has 5 heteroatoms. The van der Waals surface area contributed by atoms with Crippen LogP contribution in [0.4, 0.5) is 0 Å². The minimum Gasteiger partial charge on any atom is -0.490 e. The lowest BCUT2D eigenvalue weighted by molar-refractivity contribution is 0.0474. The Balaban J connectivity index is 1.66. The lowest BCUT2D eigenvalue weighted by atomic mass is 10.1. The maximum atomic E-state index is 12.3. The molecule has 0 spiro atoms. The van der Waals surface area contributed by atoms with Crippen molar-refractivity contribution in [1.82, 2.24) is 0 Å². The maximum Gasteiger partial charge on any atom is 0.338 e. The molecule has 1 aliphatic heterocycles. The Labute approximate surface area is 140 Å². The van der Waals surface area contributed by atoms with Crippen molar-refractivity contribution in [1.29, 1.82) is 0 Å². The maximum absolute atomic E-state index is 12.3. The third-order valence-electron chi connectivity index (χ3n) is 3.77. The summed E-state index contributed by atoms with van der Waals surface area (Å²) in [5.41, 5.74) is 1.70. The SMILES string of the molecule is Cc1ccccc1C(=O)OCC(=O)c1ccc2c(c1)OCCCO2. The fraction of sp³-hybridized carbons (Fsp3) is 0.263. The summed E-state index contributed by atoms with van der Waals surface area (Å²) in [6.07, 6.45) is 0.798. The van der Waals surface area contributed by atoms with E-state index in [4.69, 9.17) is 14.2 Å². The van der Waals surface area contributed by atoms with Crippen LogP contribution in [0, 0.1) is 6.92 Å². The molecule has 3 rings (SSSR count). The zero-order chi connectivity index (χ0) is 16.9. The van der Waals surface area contributed by atoms with Gasteiger partial charge in [0, 0.05) is 12.0 Å². The summed E-state index contributed by atoms with van der Waals surface area (Å²) >= 11 is 0. The first-order chi connectivity index (χ1) is 11.6. The van der Waals surface area contributed by atoms with Crippen LogP contribution in [0.1, 0.15) is 32.7 Å². The highest BCUT2D eigenvalue weighted by atomic mass is 16.5. The topological polar surface area (TPSA) is 61.8 Å². The van der Waals surface area contributed by atoms with Crippen molar-refractivity contribution in [3.05, 3.63) is 59.2 Å². The second-order valence-corrected chi connectivity index (χ2v) is 5.53. The molecule has 0 bridgehead atoms. The highest BCUT2D eigenvalue weighted by molar-refractivity contribution is 6.00. The number of hydrogen-bond acceptors (Lipinski definition) is 5. The largest absolute Gasteiger partial charge is 0.490 e. The molecule has 5 nitrogen and oxygen atoms in total. The summed E-state index contributed by atoms with van der Waals surface area (Å²) in [6, 6.07) is 12.1. The number of aryl methyl sites for hydroxylation is 1. The Hall–Kier alpha value is -2.82. The predicted molar refractivity (Wildman–Crippen MR) is 87.8 cm³/mol. The van der Waals surface area contributed by atoms with Crippen LogP contribution in [-0.4, -0.2) is 31.6 Å². The van der Waals surface area contributed by atoms with Crippen LogP contribution in [0.15, 0.2) is 42.5 Å². The molecule has 24 heavy (non-hydrogen) atoms. The number of carbonyl (C=O) groups is 2. The molecule has 0 aliphatic carbocycles. The Morgan fingerprint density at radius 2 is 1.79 bits per heavy atom. The van der Waals surface area contributed by atoms with Gasteiger partial charge in [0.15, 0.2) is 23.9 Å². The van der Waals surface area contributed by atoms with E-state index < -0.39 is 5.97 Å². The number of esters is 1. The molecule has 0 atom stereocenters. The second kappa shape index (κ2) is 7.17. The Bertz CT molecular complexity index is 766. The van der Waals surface area contributed by atoms with Gasteiger partial charge in [-0.05, 0) is 36.8 Å². The van der Waals surface area contributed by atoms with E-state index in [1.165, 1.54) is 0 Å². The van der Waals surface area contributed by atoms with Gasteiger partial charge in [-0.25, -0.2) is 4.79 Å². The van der Waals surface area contributed by atoms with Crippen molar-refractivity contribution < 1.29 is 23.8 Å². The first-order valence-corrected chi connectivity index (χ1v) is 7.81. The van der Waals surface area contributed by atoms with Crippen molar-refractivity contribution in [2.24, 2.45) is 0 Å². The molecule has 0 amide bonds. The van der Waals surface area contributed by atoms with Gasteiger partial charge in [-0.1, -0.05) is 18.2 Å². The standard InChI is InChI=1S/C19H18O5/c1-13-5-2-3-6-15(13)19(21)24-12-16(20)14-7-8-17-18(11-14)23-10-4-9-22-17/h2-3,5-8,11H,4,9-10,12H2,1H3. The van der Waals surface area contributed by atoms with Crippen LogP contribution in [0.2, 0.25) is 0 Å².